The van der Waals surface area contributed by atoms with Gasteiger partial charge < -0.3 is 10.6 Å². The topological polar surface area (TPSA) is 91.3 Å². The normalized spacial score (nSPS) is 19.1. The molecule has 2 aromatic heterocycles. The summed E-state index contributed by atoms with van der Waals surface area (Å²) in [6.45, 7) is 8.51. The van der Waals surface area contributed by atoms with Crippen LogP contribution in [0.25, 0.3) is 5.65 Å². The van der Waals surface area contributed by atoms with Gasteiger partial charge in [0.15, 0.2) is 5.65 Å². The highest BCUT2D eigenvalue weighted by molar-refractivity contribution is 5.76. The first kappa shape index (κ1) is 17.7. The van der Waals surface area contributed by atoms with Gasteiger partial charge in [-0.3, -0.25) is 14.7 Å². The third kappa shape index (κ3) is 3.92. The van der Waals surface area contributed by atoms with Crippen molar-refractivity contribution >= 4 is 11.6 Å². The fourth-order valence-electron chi connectivity index (χ4n) is 3.69. The Morgan fingerprint density at radius 2 is 2.28 bits per heavy atom. The van der Waals surface area contributed by atoms with Crippen LogP contribution < -0.4 is 16.2 Å². The summed E-state index contributed by atoms with van der Waals surface area (Å²) >= 11 is 0. The molecule has 0 saturated carbocycles. The lowest BCUT2D eigenvalue weighted by molar-refractivity contribution is -0.122. The maximum atomic E-state index is 12.3. The van der Waals surface area contributed by atoms with Crippen LogP contribution in [0.1, 0.15) is 43.1 Å². The van der Waals surface area contributed by atoms with Crippen molar-refractivity contribution in [1.82, 2.24) is 25.2 Å². The summed E-state index contributed by atoms with van der Waals surface area (Å²) in [5.74, 6) is 1.01. The largest absolute Gasteiger partial charge is 0.352 e. The van der Waals surface area contributed by atoms with Crippen LogP contribution in [0.5, 0.6) is 0 Å². The van der Waals surface area contributed by atoms with Gasteiger partial charge >= 0.3 is 0 Å². The van der Waals surface area contributed by atoms with Crippen LogP contribution in [0.3, 0.4) is 0 Å². The molecule has 1 fully saturated rings. The molecular formula is C18H27N5O2. The molecule has 3 heterocycles. The number of H-pyrrole nitrogens is 1. The van der Waals surface area contributed by atoms with Gasteiger partial charge in [-0.1, -0.05) is 6.92 Å². The molecule has 1 aliphatic rings. The Morgan fingerprint density at radius 1 is 1.48 bits per heavy atom. The van der Waals surface area contributed by atoms with Gasteiger partial charge in [-0.15, -0.1) is 0 Å². The van der Waals surface area contributed by atoms with Crippen LogP contribution >= 0.6 is 0 Å². The predicted octanol–water partition coefficient (Wildman–Crippen LogP) is 1.28. The number of hydrogen-bond donors (Lipinski definition) is 3. The van der Waals surface area contributed by atoms with Crippen LogP contribution in [0.4, 0.5) is 0 Å². The number of hydrogen-bond acceptors (Lipinski definition) is 4. The van der Waals surface area contributed by atoms with Gasteiger partial charge in [-0.05, 0) is 51.6 Å². The molecule has 2 aromatic rings. The van der Waals surface area contributed by atoms with Gasteiger partial charge in [0.1, 0.15) is 0 Å². The van der Waals surface area contributed by atoms with Gasteiger partial charge in [0, 0.05) is 36.0 Å². The minimum absolute atomic E-state index is 0.0676. The van der Waals surface area contributed by atoms with Crippen molar-refractivity contribution in [2.24, 2.45) is 11.8 Å². The van der Waals surface area contributed by atoms with Gasteiger partial charge in [0.25, 0.3) is 5.56 Å². The highest BCUT2D eigenvalue weighted by Crippen LogP contribution is 2.22. The fraction of sp³-hybridized carbons (Fsp3) is 0.611. The Bertz CT molecular complexity index is 817. The third-order valence-corrected chi connectivity index (χ3v) is 5.31. The maximum absolute atomic E-state index is 12.3. The third-order valence-electron chi connectivity index (χ3n) is 5.31. The van der Waals surface area contributed by atoms with E-state index in [1.807, 2.05) is 13.8 Å². The first-order valence-electron chi connectivity index (χ1n) is 9.01. The Balaban J connectivity index is 1.63. The van der Waals surface area contributed by atoms with Crippen molar-refractivity contribution in [2.45, 2.75) is 46.6 Å². The van der Waals surface area contributed by atoms with E-state index in [1.54, 1.807) is 4.52 Å². The molecule has 1 amide bonds. The van der Waals surface area contributed by atoms with Crippen LogP contribution in [0.15, 0.2) is 10.9 Å². The Kier molecular flexibility index (Phi) is 5.22. The fourth-order valence-corrected chi connectivity index (χ4v) is 3.69. The molecule has 1 saturated heterocycles. The zero-order chi connectivity index (χ0) is 18.0. The molecule has 25 heavy (non-hydrogen) atoms. The molecule has 0 aromatic carbocycles. The summed E-state index contributed by atoms with van der Waals surface area (Å²) in [6, 6.07) is 1.47. The summed E-state index contributed by atoms with van der Waals surface area (Å²) in [6.07, 6.45) is 2.93. The molecule has 1 aliphatic heterocycles. The highest BCUT2D eigenvalue weighted by Gasteiger charge is 2.22. The van der Waals surface area contributed by atoms with E-state index >= 15 is 0 Å². The summed E-state index contributed by atoms with van der Waals surface area (Å²) in [7, 11) is 0. The molecule has 0 aliphatic carbocycles. The number of fused-ring (bicyclic) bond motifs is 1. The van der Waals surface area contributed by atoms with E-state index < -0.39 is 0 Å². The van der Waals surface area contributed by atoms with E-state index in [0.717, 1.165) is 30.0 Å². The number of amides is 1. The molecular weight excluding hydrogens is 318 g/mol. The average Bonchev–Trinajstić information content (AvgIpc) is 2.96. The quantitative estimate of drug-likeness (QED) is 0.761. The second-order valence-corrected chi connectivity index (χ2v) is 7.14. The summed E-state index contributed by atoms with van der Waals surface area (Å²) in [5.41, 5.74) is 3.11. The van der Waals surface area contributed by atoms with Crippen molar-refractivity contribution in [3.8, 4) is 0 Å². The molecule has 7 heteroatoms. The van der Waals surface area contributed by atoms with E-state index in [4.69, 9.17) is 0 Å². The number of carbonyl (C=O) groups excluding carboxylic acids is 1. The molecule has 7 nitrogen and oxygen atoms in total. The van der Waals surface area contributed by atoms with E-state index in [2.05, 4.69) is 27.6 Å². The van der Waals surface area contributed by atoms with Crippen LogP contribution in [-0.2, 0) is 11.3 Å². The monoisotopic (exact) mass is 345 g/mol. The molecule has 2 atom stereocenters. The minimum atomic E-state index is -0.175. The predicted molar refractivity (Wildman–Crippen MR) is 96.5 cm³/mol. The Hall–Kier alpha value is -2.15. The summed E-state index contributed by atoms with van der Waals surface area (Å²) in [4.78, 5) is 28.3. The Labute approximate surface area is 147 Å². The second kappa shape index (κ2) is 7.39. The van der Waals surface area contributed by atoms with Crippen molar-refractivity contribution in [3.63, 3.8) is 0 Å². The van der Waals surface area contributed by atoms with Crippen molar-refractivity contribution < 1.29 is 4.79 Å². The first-order valence-corrected chi connectivity index (χ1v) is 9.01. The van der Waals surface area contributed by atoms with Gasteiger partial charge in [-0.25, -0.2) is 9.50 Å². The number of rotatable bonds is 5. The zero-order valence-electron chi connectivity index (χ0n) is 15.2. The van der Waals surface area contributed by atoms with Gasteiger partial charge in [0.05, 0.1) is 0 Å². The minimum Gasteiger partial charge on any atom is -0.352 e. The highest BCUT2D eigenvalue weighted by atomic mass is 16.1. The van der Waals surface area contributed by atoms with Crippen LogP contribution in [0, 0.1) is 25.7 Å². The molecule has 0 radical (unpaired) electrons. The van der Waals surface area contributed by atoms with Gasteiger partial charge in [0.2, 0.25) is 5.91 Å². The van der Waals surface area contributed by atoms with Crippen LogP contribution in [-0.4, -0.2) is 33.6 Å². The number of aromatic amines is 1. The number of aromatic nitrogens is 3. The molecule has 0 bridgehead atoms. The average molecular weight is 345 g/mol. The van der Waals surface area contributed by atoms with Crippen LogP contribution in [0.2, 0.25) is 0 Å². The lowest BCUT2D eigenvalue weighted by Gasteiger charge is -2.28. The summed E-state index contributed by atoms with van der Waals surface area (Å²) in [5, 5.41) is 9.16. The standard InChI is InChI=1S/C18H27N5O2/c1-11(14-5-4-6-19-9-14)7-17(24)20-10-15-12(2)21-16-8-18(25)22-23(16)13(15)3/h8,11,14,19H,4-7,9-10H2,1-3H3,(H,20,24)(H,22,25). The number of piperidine rings is 1. The van der Waals surface area contributed by atoms with E-state index in [9.17, 15) is 9.59 Å². The number of nitrogens with one attached hydrogen (secondary N) is 3. The number of aryl methyl sites for hydroxylation is 2. The van der Waals surface area contributed by atoms with Crippen molar-refractivity contribution in [3.05, 3.63) is 33.4 Å². The lowest BCUT2D eigenvalue weighted by Crippen LogP contribution is -2.35. The zero-order valence-corrected chi connectivity index (χ0v) is 15.2. The van der Waals surface area contributed by atoms with E-state index in [1.165, 1.54) is 18.9 Å². The molecule has 2 unspecified atom stereocenters. The Morgan fingerprint density at radius 3 is 3.00 bits per heavy atom. The van der Waals surface area contributed by atoms with Gasteiger partial charge in [-0.2, -0.15) is 0 Å². The van der Waals surface area contributed by atoms with Crippen molar-refractivity contribution in [1.29, 1.82) is 0 Å². The number of nitrogens with zero attached hydrogens (tertiary/aromatic N) is 2. The first-order chi connectivity index (χ1) is 12.0. The van der Waals surface area contributed by atoms with Crippen molar-refractivity contribution in [2.75, 3.05) is 13.1 Å². The van der Waals surface area contributed by atoms with E-state index in [-0.39, 0.29) is 11.5 Å². The summed E-state index contributed by atoms with van der Waals surface area (Å²) < 4.78 is 1.67. The number of carbonyl (C=O) groups is 1. The molecule has 136 valence electrons. The molecule has 0 spiro atoms. The SMILES string of the molecule is Cc1nc2cc(=O)[nH]n2c(C)c1CNC(=O)CC(C)C1CCCNC1. The molecule has 3 rings (SSSR count). The molecule has 3 N–H and O–H groups in total. The smallest absolute Gasteiger partial charge is 0.266 e. The maximum Gasteiger partial charge on any atom is 0.266 e. The van der Waals surface area contributed by atoms with E-state index in [0.29, 0.717) is 30.4 Å². The second-order valence-electron chi connectivity index (χ2n) is 7.14. The lowest BCUT2D eigenvalue weighted by atomic mass is 9.85.